The van der Waals surface area contributed by atoms with E-state index in [2.05, 4.69) is 4.74 Å². The summed E-state index contributed by atoms with van der Waals surface area (Å²) in [5.41, 5.74) is 0.731. The Bertz CT molecular complexity index is 639. The molecule has 1 aromatic rings. The van der Waals surface area contributed by atoms with Crippen molar-refractivity contribution in [3.63, 3.8) is 0 Å². The van der Waals surface area contributed by atoms with Gasteiger partial charge < -0.3 is 4.74 Å². The molecule has 2 aliphatic rings. The predicted octanol–water partition coefficient (Wildman–Crippen LogP) is 4.18. The number of fused-ring (bicyclic) bond motifs is 2. The van der Waals surface area contributed by atoms with Gasteiger partial charge in [-0.1, -0.05) is 12.5 Å². The molecule has 0 aliphatic carbocycles. The van der Waals surface area contributed by atoms with Crippen LogP contribution >= 0.6 is 0 Å². The monoisotopic (exact) mass is 334 g/mol. The lowest BCUT2D eigenvalue weighted by Crippen LogP contribution is -2.33. The van der Waals surface area contributed by atoms with Crippen molar-refractivity contribution < 1.29 is 26.5 Å². The standard InChI is InChI=1S/C15H14F4O2S/c16-14-5-4-10(21-15(17,18)19)8-13(14)9-6-11-2-1-3-12(7-9)22(11)20/h4-6,8,11-12H,1-3,7H2. The van der Waals surface area contributed by atoms with E-state index in [1.807, 2.05) is 0 Å². The second-order valence-electron chi connectivity index (χ2n) is 5.51. The maximum absolute atomic E-state index is 14.0. The molecule has 2 aliphatic heterocycles. The highest BCUT2D eigenvalue weighted by Crippen LogP contribution is 2.39. The van der Waals surface area contributed by atoms with Gasteiger partial charge in [-0.05, 0) is 43.0 Å². The third-order valence-corrected chi connectivity index (χ3v) is 6.02. The van der Waals surface area contributed by atoms with E-state index in [1.165, 1.54) is 0 Å². The molecule has 2 bridgehead atoms. The number of ether oxygens (including phenoxy) is 1. The number of rotatable bonds is 2. The fourth-order valence-corrected chi connectivity index (χ4v) is 4.98. The van der Waals surface area contributed by atoms with E-state index in [0.29, 0.717) is 12.0 Å². The average molecular weight is 334 g/mol. The lowest BCUT2D eigenvalue weighted by atomic mass is 9.93. The Morgan fingerprint density at radius 2 is 2.00 bits per heavy atom. The molecule has 3 unspecified atom stereocenters. The highest BCUT2D eigenvalue weighted by Gasteiger charge is 2.35. The molecule has 1 fully saturated rings. The van der Waals surface area contributed by atoms with Gasteiger partial charge >= 0.3 is 6.36 Å². The van der Waals surface area contributed by atoms with Crippen LogP contribution in [0.4, 0.5) is 17.6 Å². The second kappa shape index (κ2) is 5.68. The van der Waals surface area contributed by atoms with Crippen LogP contribution < -0.4 is 4.74 Å². The van der Waals surface area contributed by atoms with Gasteiger partial charge in [-0.15, -0.1) is 13.2 Å². The molecule has 120 valence electrons. The number of hydrogen-bond donors (Lipinski definition) is 0. The number of alkyl halides is 3. The van der Waals surface area contributed by atoms with Crippen molar-refractivity contribution in [3.8, 4) is 5.75 Å². The molecule has 0 saturated carbocycles. The van der Waals surface area contributed by atoms with Crippen LogP contribution in [0.25, 0.3) is 5.57 Å². The first-order valence-corrected chi connectivity index (χ1v) is 8.27. The van der Waals surface area contributed by atoms with Crippen molar-refractivity contribution in [1.29, 1.82) is 0 Å². The first kappa shape index (κ1) is 15.5. The minimum absolute atomic E-state index is 0.0367. The summed E-state index contributed by atoms with van der Waals surface area (Å²) in [5, 5.41) is -0.167. The van der Waals surface area contributed by atoms with Crippen LogP contribution in [0.2, 0.25) is 0 Å². The zero-order valence-electron chi connectivity index (χ0n) is 11.5. The molecule has 0 radical (unpaired) electrons. The van der Waals surface area contributed by atoms with Crippen molar-refractivity contribution in [2.24, 2.45) is 0 Å². The van der Waals surface area contributed by atoms with Crippen LogP contribution in [0.15, 0.2) is 24.3 Å². The van der Waals surface area contributed by atoms with E-state index in [0.717, 1.165) is 37.5 Å². The van der Waals surface area contributed by atoms with E-state index in [9.17, 15) is 21.8 Å². The van der Waals surface area contributed by atoms with Crippen molar-refractivity contribution in [2.75, 3.05) is 0 Å². The Hall–Kier alpha value is -1.37. The molecule has 2 nitrogen and oxygen atoms in total. The van der Waals surface area contributed by atoms with Gasteiger partial charge in [0.05, 0.1) is 5.25 Å². The molecule has 22 heavy (non-hydrogen) atoms. The van der Waals surface area contributed by atoms with Gasteiger partial charge in [-0.2, -0.15) is 0 Å². The molecule has 0 spiro atoms. The maximum Gasteiger partial charge on any atom is 0.573 e. The normalized spacial score (nSPS) is 28.2. The third-order valence-electron chi connectivity index (χ3n) is 3.99. The minimum Gasteiger partial charge on any atom is -0.406 e. The van der Waals surface area contributed by atoms with Crippen LogP contribution in [-0.4, -0.2) is 21.1 Å². The van der Waals surface area contributed by atoms with Crippen LogP contribution in [0.3, 0.4) is 0 Å². The van der Waals surface area contributed by atoms with E-state index >= 15 is 0 Å². The van der Waals surface area contributed by atoms with E-state index in [1.54, 1.807) is 6.08 Å². The lowest BCUT2D eigenvalue weighted by molar-refractivity contribution is -0.274. The van der Waals surface area contributed by atoms with Crippen molar-refractivity contribution in [1.82, 2.24) is 0 Å². The van der Waals surface area contributed by atoms with Crippen LogP contribution in [0, 0.1) is 5.82 Å². The van der Waals surface area contributed by atoms with Crippen LogP contribution in [0.1, 0.15) is 31.2 Å². The molecule has 0 N–H and O–H groups in total. The summed E-state index contributed by atoms with van der Waals surface area (Å²) in [6, 6.07) is 2.99. The molecule has 1 aromatic carbocycles. The molecule has 2 heterocycles. The topological polar surface area (TPSA) is 26.3 Å². The van der Waals surface area contributed by atoms with Crippen LogP contribution in [0.5, 0.6) is 5.75 Å². The maximum atomic E-state index is 14.0. The Balaban J connectivity index is 1.94. The zero-order valence-corrected chi connectivity index (χ0v) is 12.3. The smallest absolute Gasteiger partial charge is 0.406 e. The highest BCUT2D eigenvalue weighted by atomic mass is 32.2. The lowest BCUT2D eigenvalue weighted by Gasteiger charge is -2.33. The third kappa shape index (κ3) is 3.19. The number of hydrogen-bond acceptors (Lipinski definition) is 2. The predicted molar refractivity (Wildman–Crippen MR) is 75.2 cm³/mol. The van der Waals surface area contributed by atoms with Gasteiger partial charge in [0.1, 0.15) is 11.6 Å². The fraction of sp³-hybridized carbons (Fsp3) is 0.467. The van der Waals surface area contributed by atoms with Gasteiger partial charge in [0.25, 0.3) is 0 Å². The summed E-state index contributed by atoms with van der Waals surface area (Å²) in [6.07, 6.45) is -0.0799. The quantitative estimate of drug-likeness (QED) is 0.759. The van der Waals surface area contributed by atoms with E-state index in [-0.39, 0.29) is 16.1 Å². The number of allylic oxidation sites excluding steroid dienone is 1. The van der Waals surface area contributed by atoms with E-state index < -0.39 is 28.7 Å². The Kier molecular flexibility index (Phi) is 4.01. The van der Waals surface area contributed by atoms with Gasteiger partial charge in [-0.25, -0.2) is 4.39 Å². The molecule has 7 heteroatoms. The Morgan fingerprint density at radius 3 is 2.68 bits per heavy atom. The SMILES string of the molecule is O=S1C2C=C(c3cc(OC(F)(F)F)ccc3F)CC1CCC2. The van der Waals surface area contributed by atoms with E-state index in [4.69, 9.17) is 0 Å². The molecule has 3 rings (SSSR count). The molecular formula is C15H14F4O2S. The molecule has 3 atom stereocenters. The average Bonchev–Trinajstić information content (AvgIpc) is 2.39. The van der Waals surface area contributed by atoms with Crippen molar-refractivity contribution in [3.05, 3.63) is 35.7 Å². The highest BCUT2D eigenvalue weighted by molar-refractivity contribution is 7.86. The molecule has 0 aromatic heterocycles. The Morgan fingerprint density at radius 1 is 1.23 bits per heavy atom. The second-order valence-corrected chi connectivity index (χ2v) is 7.43. The number of benzene rings is 1. The van der Waals surface area contributed by atoms with Crippen molar-refractivity contribution in [2.45, 2.75) is 42.5 Å². The molecule has 1 saturated heterocycles. The Labute approximate surface area is 127 Å². The van der Waals surface area contributed by atoms with Crippen LogP contribution in [-0.2, 0) is 10.8 Å². The van der Waals surface area contributed by atoms with Gasteiger partial charge in [0, 0.05) is 21.6 Å². The largest absolute Gasteiger partial charge is 0.573 e. The fourth-order valence-electron chi connectivity index (χ4n) is 3.05. The minimum atomic E-state index is -4.81. The van der Waals surface area contributed by atoms with Gasteiger partial charge in [0.2, 0.25) is 0 Å². The molecule has 0 amide bonds. The first-order chi connectivity index (χ1) is 10.3. The first-order valence-electron chi connectivity index (χ1n) is 6.99. The summed E-state index contributed by atoms with van der Waals surface area (Å²) in [4.78, 5) is 0. The number of halogens is 4. The van der Waals surface area contributed by atoms with Gasteiger partial charge in [-0.3, -0.25) is 4.21 Å². The summed E-state index contributed by atoms with van der Waals surface area (Å²) in [5.74, 6) is -1.03. The van der Waals surface area contributed by atoms with Gasteiger partial charge in [0.15, 0.2) is 0 Å². The van der Waals surface area contributed by atoms with Crippen molar-refractivity contribution >= 4 is 16.4 Å². The zero-order chi connectivity index (χ0) is 15.9. The summed E-state index contributed by atoms with van der Waals surface area (Å²) < 4.78 is 66.8. The summed E-state index contributed by atoms with van der Waals surface area (Å²) in [7, 11) is -0.968. The summed E-state index contributed by atoms with van der Waals surface area (Å²) in [6.45, 7) is 0. The summed E-state index contributed by atoms with van der Waals surface area (Å²) >= 11 is 0. The molecular weight excluding hydrogens is 320 g/mol.